The van der Waals surface area contributed by atoms with E-state index in [9.17, 15) is 0 Å². The van der Waals surface area contributed by atoms with Gasteiger partial charge in [-0.05, 0) is 59.0 Å². The third-order valence-electron chi connectivity index (χ3n) is 3.44. The number of rotatable bonds is 3. The van der Waals surface area contributed by atoms with Crippen molar-refractivity contribution < 1.29 is 9.94 Å². The van der Waals surface area contributed by atoms with E-state index in [1.165, 1.54) is 0 Å². The summed E-state index contributed by atoms with van der Waals surface area (Å²) in [4.78, 5) is 4.54. The van der Waals surface area contributed by atoms with Gasteiger partial charge in [0.1, 0.15) is 5.75 Å². The summed E-state index contributed by atoms with van der Waals surface area (Å²) in [5.74, 6) is 0.993. The van der Waals surface area contributed by atoms with Crippen LogP contribution < -0.4 is 10.5 Å². The van der Waals surface area contributed by atoms with Crippen molar-refractivity contribution in [2.45, 2.75) is 19.3 Å². The van der Waals surface area contributed by atoms with Gasteiger partial charge < -0.3 is 15.7 Å². The molecule has 5 nitrogen and oxygen atoms in total. The average molecular weight is 348 g/mol. The highest BCUT2D eigenvalue weighted by atomic mass is 79.9. The maximum absolute atomic E-state index is 8.95. The molecule has 0 radical (unpaired) electrons. The lowest BCUT2D eigenvalue weighted by atomic mass is 10.1. The van der Waals surface area contributed by atoms with Crippen LogP contribution in [0, 0.1) is 0 Å². The minimum atomic E-state index is -0.000691. The van der Waals surface area contributed by atoms with Gasteiger partial charge in [0, 0.05) is 5.69 Å². The Morgan fingerprint density at radius 3 is 2.90 bits per heavy atom. The van der Waals surface area contributed by atoms with Crippen molar-refractivity contribution in [2.24, 2.45) is 10.9 Å². The van der Waals surface area contributed by atoms with E-state index in [1.807, 2.05) is 30.3 Å². The maximum atomic E-state index is 8.95. The number of hydrogen-bond acceptors (Lipinski definition) is 4. The number of nitrogens with zero attached hydrogens (tertiary/aromatic N) is 2. The molecule has 1 aromatic carbocycles. The lowest BCUT2D eigenvalue weighted by Crippen LogP contribution is -2.16. The third-order valence-corrected chi connectivity index (χ3v) is 4.10. The smallest absolute Gasteiger partial charge is 0.230 e. The second kappa shape index (κ2) is 5.73. The van der Waals surface area contributed by atoms with Crippen LogP contribution in [0.1, 0.15) is 23.2 Å². The number of oxime groups is 1. The quantitative estimate of drug-likeness (QED) is 0.386. The minimum absolute atomic E-state index is 0.000691. The Hall–Kier alpha value is -2.08. The number of ether oxygens (including phenoxy) is 1. The standard InChI is InChI=1S/C15H14BrN3O2/c16-11-5-1-2-7-13(11)21-15-10(14(17)19-20)8-9-4-3-6-12(9)18-15/h1-2,5,7-8,20H,3-4,6H2,(H2,17,19). The summed E-state index contributed by atoms with van der Waals surface area (Å²) in [6.45, 7) is 0. The Labute approximate surface area is 130 Å². The Bertz CT molecular complexity index is 716. The number of aryl methyl sites for hydroxylation is 2. The summed E-state index contributed by atoms with van der Waals surface area (Å²) in [6.07, 6.45) is 2.96. The largest absolute Gasteiger partial charge is 0.437 e. The Kier molecular flexibility index (Phi) is 3.79. The number of fused-ring (bicyclic) bond motifs is 1. The molecule has 0 unspecified atom stereocenters. The molecule has 2 aromatic rings. The summed E-state index contributed by atoms with van der Waals surface area (Å²) in [6, 6.07) is 9.38. The van der Waals surface area contributed by atoms with Crippen LogP contribution in [0.3, 0.4) is 0 Å². The Morgan fingerprint density at radius 2 is 2.14 bits per heavy atom. The van der Waals surface area contributed by atoms with Crippen LogP contribution in [0.15, 0.2) is 40.0 Å². The molecule has 108 valence electrons. The van der Waals surface area contributed by atoms with Gasteiger partial charge in [0.15, 0.2) is 5.84 Å². The van der Waals surface area contributed by atoms with E-state index in [0.717, 1.165) is 35.0 Å². The summed E-state index contributed by atoms with van der Waals surface area (Å²) in [7, 11) is 0. The molecule has 0 aliphatic heterocycles. The molecule has 0 amide bonds. The van der Waals surface area contributed by atoms with Crippen molar-refractivity contribution >= 4 is 21.8 Å². The molecule has 1 aliphatic rings. The van der Waals surface area contributed by atoms with Crippen LogP contribution in [-0.4, -0.2) is 16.0 Å². The van der Waals surface area contributed by atoms with Gasteiger partial charge in [-0.3, -0.25) is 0 Å². The zero-order valence-electron chi connectivity index (χ0n) is 11.2. The lowest BCUT2D eigenvalue weighted by Gasteiger charge is -2.12. The summed E-state index contributed by atoms with van der Waals surface area (Å²) < 4.78 is 6.68. The molecular formula is C15H14BrN3O2. The van der Waals surface area contributed by atoms with Crippen molar-refractivity contribution in [1.82, 2.24) is 4.98 Å². The highest BCUT2D eigenvalue weighted by Gasteiger charge is 2.20. The van der Waals surface area contributed by atoms with Crippen LogP contribution in [-0.2, 0) is 12.8 Å². The molecular weight excluding hydrogens is 334 g/mol. The van der Waals surface area contributed by atoms with Crippen molar-refractivity contribution in [3.05, 3.63) is 51.6 Å². The van der Waals surface area contributed by atoms with Gasteiger partial charge in [0.2, 0.25) is 5.88 Å². The first-order chi connectivity index (χ1) is 10.2. The van der Waals surface area contributed by atoms with Crippen LogP contribution in [0.4, 0.5) is 0 Å². The van der Waals surface area contributed by atoms with E-state index in [-0.39, 0.29) is 5.84 Å². The van der Waals surface area contributed by atoms with Gasteiger partial charge in [-0.2, -0.15) is 0 Å². The van der Waals surface area contributed by atoms with E-state index in [2.05, 4.69) is 26.1 Å². The van der Waals surface area contributed by atoms with Crippen LogP contribution >= 0.6 is 15.9 Å². The molecule has 21 heavy (non-hydrogen) atoms. The second-order valence-corrected chi connectivity index (χ2v) is 5.67. The van der Waals surface area contributed by atoms with Crippen molar-refractivity contribution in [3.63, 3.8) is 0 Å². The molecule has 0 bridgehead atoms. The van der Waals surface area contributed by atoms with Gasteiger partial charge >= 0.3 is 0 Å². The SMILES string of the molecule is NC(=NO)c1cc2c(nc1Oc1ccccc1Br)CCC2. The molecule has 0 saturated carbocycles. The van der Waals surface area contributed by atoms with E-state index in [1.54, 1.807) is 0 Å². The van der Waals surface area contributed by atoms with E-state index in [0.29, 0.717) is 17.2 Å². The third kappa shape index (κ3) is 2.71. The number of pyridine rings is 1. The van der Waals surface area contributed by atoms with Gasteiger partial charge in [-0.1, -0.05) is 17.3 Å². The first-order valence-corrected chi connectivity index (χ1v) is 7.41. The van der Waals surface area contributed by atoms with Crippen molar-refractivity contribution in [1.29, 1.82) is 0 Å². The summed E-state index contributed by atoms with van der Waals surface area (Å²) in [5.41, 5.74) is 8.41. The first-order valence-electron chi connectivity index (χ1n) is 6.62. The molecule has 1 aliphatic carbocycles. The molecule has 0 saturated heterocycles. The number of para-hydroxylation sites is 1. The average Bonchev–Trinajstić information content (AvgIpc) is 2.95. The Morgan fingerprint density at radius 1 is 1.33 bits per heavy atom. The number of nitrogens with two attached hydrogens (primary N) is 1. The predicted octanol–water partition coefficient (Wildman–Crippen LogP) is 3.22. The van der Waals surface area contributed by atoms with E-state index in [4.69, 9.17) is 15.7 Å². The molecule has 3 N–H and O–H groups in total. The monoisotopic (exact) mass is 347 g/mol. The zero-order valence-corrected chi connectivity index (χ0v) is 12.8. The molecule has 0 fully saturated rings. The van der Waals surface area contributed by atoms with Gasteiger partial charge in [0.25, 0.3) is 0 Å². The highest BCUT2D eigenvalue weighted by Crippen LogP contribution is 2.32. The van der Waals surface area contributed by atoms with Gasteiger partial charge in [-0.25, -0.2) is 4.98 Å². The fourth-order valence-corrected chi connectivity index (χ4v) is 2.77. The molecule has 3 rings (SSSR count). The zero-order chi connectivity index (χ0) is 14.8. The van der Waals surface area contributed by atoms with Crippen molar-refractivity contribution in [3.8, 4) is 11.6 Å². The number of hydrogen-bond donors (Lipinski definition) is 2. The lowest BCUT2D eigenvalue weighted by molar-refractivity contribution is 0.318. The van der Waals surface area contributed by atoms with Gasteiger partial charge in [-0.15, -0.1) is 0 Å². The van der Waals surface area contributed by atoms with Gasteiger partial charge in [0.05, 0.1) is 10.0 Å². The summed E-state index contributed by atoms with van der Waals surface area (Å²) in [5, 5.41) is 12.0. The molecule has 1 aromatic heterocycles. The van der Waals surface area contributed by atoms with Crippen LogP contribution in [0.5, 0.6) is 11.6 Å². The molecule has 0 atom stereocenters. The molecule has 0 spiro atoms. The van der Waals surface area contributed by atoms with E-state index >= 15 is 0 Å². The minimum Gasteiger partial charge on any atom is -0.437 e. The number of benzene rings is 1. The second-order valence-electron chi connectivity index (χ2n) is 4.82. The van der Waals surface area contributed by atoms with Crippen molar-refractivity contribution in [2.75, 3.05) is 0 Å². The number of halogens is 1. The fourth-order valence-electron chi connectivity index (χ4n) is 2.40. The first kappa shape index (κ1) is 13.9. The maximum Gasteiger partial charge on any atom is 0.230 e. The summed E-state index contributed by atoms with van der Waals surface area (Å²) >= 11 is 3.43. The van der Waals surface area contributed by atoms with Crippen LogP contribution in [0.25, 0.3) is 0 Å². The highest BCUT2D eigenvalue weighted by molar-refractivity contribution is 9.10. The van der Waals surface area contributed by atoms with Crippen LogP contribution in [0.2, 0.25) is 0 Å². The topological polar surface area (TPSA) is 80.7 Å². The normalized spacial score (nSPS) is 14.0. The number of amidine groups is 1. The van der Waals surface area contributed by atoms with E-state index < -0.39 is 0 Å². The fraction of sp³-hybridized carbons (Fsp3) is 0.200. The molecule has 6 heteroatoms. The number of aromatic nitrogens is 1. The Balaban J connectivity index is 2.06. The molecule has 1 heterocycles. The predicted molar refractivity (Wildman–Crippen MR) is 83.0 cm³/mol.